The van der Waals surface area contributed by atoms with E-state index in [2.05, 4.69) is 19.8 Å². The number of nitrogens with zero attached hydrogens (tertiary/aromatic N) is 4. The summed E-state index contributed by atoms with van der Waals surface area (Å²) in [6, 6.07) is 6.57. The van der Waals surface area contributed by atoms with Gasteiger partial charge in [-0.3, -0.25) is 4.98 Å². The lowest BCUT2D eigenvalue weighted by Gasteiger charge is -2.36. The van der Waals surface area contributed by atoms with Crippen LogP contribution in [0, 0.1) is 5.82 Å². The highest BCUT2D eigenvalue weighted by molar-refractivity contribution is 5.49. The first-order valence-electron chi connectivity index (χ1n) is 6.93. The van der Waals surface area contributed by atoms with Gasteiger partial charge < -0.3 is 14.9 Å². The lowest BCUT2D eigenvalue weighted by Crippen LogP contribution is -2.46. The van der Waals surface area contributed by atoms with Gasteiger partial charge in [-0.05, 0) is 24.3 Å². The summed E-state index contributed by atoms with van der Waals surface area (Å²) in [5, 5.41) is 9.11. The van der Waals surface area contributed by atoms with Crippen LogP contribution in [0.1, 0.15) is 5.69 Å². The van der Waals surface area contributed by atoms with E-state index in [1.54, 1.807) is 24.5 Å². The maximum Gasteiger partial charge on any atom is 0.147 e. The van der Waals surface area contributed by atoms with Crippen LogP contribution in [0.25, 0.3) is 0 Å². The Morgan fingerprint density at radius 2 is 1.67 bits per heavy atom. The minimum atomic E-state index is -0.214. The summed E-state index contributed by atoms with van der Waals surface area (Å²) in [6.07, 6.45) is 3.28. The third-order valence-electron chi connectivity index (χ3n) is 3.63. The van der Waals surface area contributed by atoms with Gasteiger partial charge in [0.15, 0.2) is 0 Å². The summed E-state index contributed by atoms with van der Waals surface area (Å²) < 4.78 is 12.9. The number of rotatable bonds is 3. The zero-order chi connectivity index (χ0) is 14.7. The molecule has 110 valence electrons. The second kappa shape index (κ2) is 6.05. The van der Waals surface area contributed by atoms with Crippen LogP contribution in [-0.4, -0.2) is 41.3 Å². The Morgan fingerprint density at radius 1 is 1.00 bits per heavy atom. The quantitative estimate of drug-likeness (QED) is 0.926. The summed E-state index contributed by atoms with van der Waals surface area (Å²) in [6.45, 7) is 3.23. The Kier molecular flexibility index (Phi) is 3.96. The number of hydrogen-bond donors (Lipinski definition) is 1. The van der Waals surface area contributed by atoms with Gasteiger partial charge in [0.25, 0.3) is 0 Å². The van der Waals surface area contributed by atoms with Crippen LogP contribution in [0.2, 0.25) is 0 Å². The van der Waals surface area contributed by atoms with E-state index in [0.29, 0.717) is 5.69 Å². The molecule has 0 atom stereocenters. The molecular formula is C15H17FN4O. The minimum Gasteiger partial charge on any atom is -0.390 e. The second-order valence-electron chi connectivity index (χ2n) is 4.98. The smallest absolute Gasteiger partial charge is 0.147 e. The Balaban J connectivity index is 1.65. The van der Waals surface area contributed by atoms with E-state index >= 15 is 0 Å². The number of hydrogen-bond acceptors (Lipinski definition) is 5. The third-order valence-corrected chi connectivity index (χ3v) is 3.63. The van der Waals surface area contributed by atoms with E-state index in [4.69, 9.17) is 5.11 Å². The first-order valence-corrected chi connectivity index (χ1v) is 6.93. The number of halogens is 1. The van der Waals surface area contributed by atoms with Gasteiger partial charge in [0, 0.05) is 31.9 Å². The molecule has 2 aromatic rings. The van der Waals surface area contributed by atoms with Crippen molar-refractivity contribution in [3.8, 4) is 0 Å². The number of aliphatic hydroxyl groups is 1. The third kappa shape index (κ3) is 3.11. The van der Waals surface area contributed by atoms with Crippen LogP contribution in [0.5, 0.6) is 0 Å². The van der Waals surface area contributed by atoms with E-state index in [9.17, 15) is 4.39 Å². The molecule has 0 radical (unpaired) electrons. The van der Waals surface area contributed by atoms with Gasteiger partial charge in [0.2, 0.25) is 0 Å². The van der Waals surface area contributed by atoms with E-state index < -0.39 is 0 Å². The summed E-state index contributed by atoms with van der Waals surface area (Å²) in [5.41, 5.74) is 1.61. The average Bonchev–Trinajstić information content (AvgIpc) is 2.56. The number of benzene rings is 1. The molecule has 1 saturated heterocycles. The lowest BCUT2D eigenvalue weighted by molar-refractivity contribution is 0.276. The molecule has 1 aliphatic heterocycles. The zero-order valence-electron chi connectivity index (χ0n) is 11.6. The molecule has 5 nitrogen and oxygen atoms in total. The predicted octanol–water partition coefficient (Wildman–Crippen LogP) is 1.43. The first kappa shape index (κ1) is 13.8. The normalized spacial score (nSPS) is 15.3. The van der Waals surface area contributed by atoms with Crippen molar-refractivity contribution in [1.82, 2.24) is 9.97 Å². The second-order valence-corrected chi connectivity index (χ2v) is 4.98. The Bertz CT molecular complexity index is 597. The minimum absolute atomic E-state index is 0.101. The number of piperazine rings is 1. The van der Waals surface area contributed by atoms with Crippen LogP contribution < -0.4 is 9.80 Å². The fraction of sp³-hybridized carbons (Fsp3) is 0.333. The molecule has 2 heterocycles. The van der Waals surface area contributed by atoms with Gasteiger partial charge in [-0.15, -0.1) is 0 Å². The molecule has 1 fully saturated rings. The Labute approximate surface area is 122 Å². The highest BCUT2D eigenvalue weighted by Crippen LogP contribution is 2.19. The summed E-state index contributed by atoms with van der Waals surface area (Å²) in [5.74, 6) is 0.578. The predicted molar refractivity (Wildman–Crippen MR) is 78.8 cm³/mol. The number of aromatic nitrogens is 2. The van der Waals surface area contributed by atoms with Crippen LogP contribution in [-0.2, 0) is 6.61 Å². The molecule has 0 saturated carbocycles. The molecular weight excluding hydrogens is 271 g/mol. The van der Waals surface area contributed by atoms with E-state index in [-0.39, 0.29) is 12.4 Å². The maximum atomic E-state index is 12.9. The van der Waals surface area contributed by atoms with Crippen molar-refractivity contribution in [3.05, 3.63) is 48.2 Å². The van der Waals surface area contributed by atoms with Gasteiger partial charge in [-0.1, -0.05) is 0 Å². The van der Waals surface area contributed by atoms with Gasteiger partial charge in [-0.2, -0.15) is 0 Å². The monoisotopic (exact) mass is 288 g/mol. The highest BCUT2D eigenvalue weighted by atomic mass is 19.1. The van der Waals surface area contributed by atoms with Gasteiger partial charge >= 0.3 is 0 Å². The van der Waals surface area contributed by atoms with Crippen LogP contribution in [0.15, 0.2) is 36.7 Å². The molecule has 0 aliphatic carbocycles. The van der Waals surface area contributed by atoms with E-state index in [1.165, 1.54) is 12.1 Å². The van der Waals surface area contributed by atoms with Crippen molar-refractivity contribution < 1.29 is 9.50 Å². The summed E-state index contributed by atoms with van der Waals surface area (Å²) >= 11 is 0. The lowest BCUT2D eigenvalue weighted by atomic mass is 10.2. The van der Waals surface area contributed by atoms with Crippen molar-refractivity contribution in [3.63, 3.8) is 0 Å². The molecule has 0 spiro atoms. The standard InChI is InChI=1S/C15H17FN4O/c16-12-1-3-14(4-2-12)19-5-7-20(8-6-19)15-10-17-9-13(11-21)18-15/h1-4,9-10,21H,5-8,11H2. The van der Waals surface area contributed by atoms with Crippen molar-refractivity contribution in [1.29, 1.82) is 0 Å². The zero-order valence-corrected chi connectivity index (χ0v) is 11.6. The largest absolute Gasteiger partial charge is 0.390 e. The SMILES string of the molecule is OCc1cncc(N2CCN(c3ccc(F)cc3)CC2)n1. The molecule has 0 amide bonds. The molecule has 0 bridgehead atoms. The van der Waals surface area contributed by atoms with E-state index in [1.807, 2.05) is 0 Å². The molecule has 1 N–H and O–H groups in total. The summed E-state index contributed by atoms with van der Waals surface area (Å²) in [7, 11) is 0. The molecule has 1 aromatic heterocycles. The highest BCUT2D eigenvalue weighted by Gasteiger charge is 2.18. The fourth-order valence-electron chi connectivity index (χ4n) is 2.47. The van der Waals surface area contributed by atoms with Crippen molar-refractivity contribution in [2.24, 2.45) is 0 Å². The van der Waals surface area contributed by atoms with Gasteiger partial charge in [-0.25, -0.2) is 9.37 Å². The van der Waals surface area contributed by atoms with Crippen LogP contribution in [0.4, 0.5) is 15.9 Å². The topological polar surface area (TPSA) is 52.5 Å². The molecule has 1 aromatic carbocycles. The maximum absolute atomic E-state index is 12.9. The van der Waals surface area contributed by atoms with Crippen LogP contribution >= 0.6 is 0 Å². The average molecular weight is 288 g/mol. The number of aliphatic hydroxyl groups excluding tert-OH is 1. The fourth-order valence-corrected chi connectivity index (χ4v) is 2.47. The molecule has 0 unspecified atom stereocenters. The van der Waals surface area contributed by atoms with Crippen molar-refractivity contribution >= 4 is 11.5 Å². The van der Waals surface area contributed by atoms with Crippen LogP contribution in [0.3, 0.4) is 0 Å². The Hall–Kier alpha value is -2.21. The molecule has 3 rings (SSSR count). The summed E-state index contributed by atoms with van der Waals surface area (Å²) in [4.78, 5) is 12.8. The van der Waals surface area contributed by atoms with Gasteiger partial charge in [0.1, 0.15) is 11.6 Å². The Morgan fingerprint density at radius 3 is 2.33 bits per heavy atom. The molecule has 6 heteroatoms. The number of anilines is 2. The van der Waals surface area contributed by atoms with Crippen molar-refractivity contribution in [2.75, 3.05) is 36.0 Å². The van der Waals surface area contributed by atoms with Crippen molar-refractivity contribution in [2.45, 2.75) is 6.61 Å². The van der Waals surface area contributed by atoms with E-state index in [0.717, 1.165) is 37.7 Å². The molecule has 21 heavy (non-hydrogen) atoms. The van der Waals surface area contributed by atoms with Gasteiger partial charge in [0.05, 0.1) is 24.7 Å². The first-order chi connectivity index (χ1) is 10.3. The molecule has 1 aliphatic rings.